The molecule has 34 heavy (non-hydrogen) atoms. The van der Waals surface area contributed by atoms with Crippen LogP contribution >= 0.6 is 0 Å². The lowest BCUT2D eigenvalue weighted by Gasteiger charge is -2.38. The topological polar surface area (TPSA) is 72.8 Å². The number of methoxy groups -OCH3 is 2. The normalized spacial score (nSPS) is 18.5. The fraction of sp³-hybridized carbons (Fsp3) is 0.296. The minimum Gasteiger partial charge on any atom is -0.507 e. The Morgan fingerprint density at radius 3 is 2.62 bits per heavy atom. The van der Waals surface area contributed by atoms with E-state index in [0.29, 0.717) is 36.0 Å². The summed E-state index contributed by atoms with van der Waals surface area (Å²) in [5.74, 6) is 2.90. The lowest BCUT2D eigenvalue weighted by molar-refractivity contribution is -0.0210. The monoisotopic (exact) mass is 460 g/mol. The van der Waals surface area contributed by atoms with Crippen LogP contribution in [0.5, 0.6) is 28.7 Å². The number of fused-ring (bicyclic) bond motifs is 3. The molecule has 0 amide bonds. The maximum Gasteiger partial charge on any atom is 0.214 e. The first kappa shape index (κ1) is 21.9. The van der Waals surface area contributed by atoms with Crippen LogP contribution in [0.1, 0.15) is 47.9 Å². The Balaban J connectivity index is 1.62. The molecule has 2 atom stereocenters. The van der Waals surface area contributed by atoms with Gasteiger partial charge in [-0.25, -0.2) is 5.01 Å². The molecule has 0 spiro atoms. The van der Waals surface area contributed by atoms with Gasteiger partial charge in [0, 0.05) is 23.1 Å². The molecular weight excluding hydrogens is 432 g/mol. The van der Waals surface area contributed by atoms with Crippen molar-refractivity contribution >= 4 is 5.71 Å². The number of rotatable bonds is 6. The Morgan fingerprint density at radius 1 is 1.03 bits per heavy atom. The Hall–Kier alpha value is -3.87. The second-order valence-electron chi connectivity index (χ2n) is 8.36. The second kappa shape index (κ2) is 8.82. The Labute approximate surface area is 199 Å². The van der Waals surface area contributed by atoms with E-state index in [9.17, 15) is 5.11 Å². The first-order valence-corrected chi connectivity index (χ1v) is 11.3. The number of ether oxygens (including phenoxy) is 4. The fourth-order valence-electron chi connectivity index (χ4n) is 4.62. The third-order valence-electron chi connectivity index (χ3n) is 6.24. The average Bonchev–Trinajstić information content (AvgIpc) is 3.30. The third kappa shape index (κ3) is 3.67. The summed E-state index contributed by atoms with van der Waals surface area (Å²) in [7, 11) is 3.26. The summed E-state index contributed by atoms with van der Waals surface area (Å²) < 4.78 is 23.4. The van der Waals surface area contributed by atoms with Crippen LogP contribution in [0.3, 0.4) is 0 Å². The van der Waals surface area contributed by atoms with Gasteiger partial charge in [0.1, 0.15) is 5.75 Å². The van der Waals surface area contributed by atoms with E-state index in [-0.39, 0.29) is 11.8 Å². The largest absolute Gasteiger partial charge is 0.507 e. The van der Waals surface area contributed by atoms with E-state index in [2.05, 4.69) is 0 Å². The van der Waals surface area contributed by atoms with E-state index < -0.39 is 6.23 Å². The van der Waals surface area contributed by atoms with Crippen LogP contribution in [-0.2, 0) is 0 Å². The SMILES string of the molecule is CCOc1ccc(C2Oc3c(OC)cccc3C3CC(c4cc(C)ccc4O)=NN32)cc1OC. The van der Waals surface area contributed by atoms with Gasteiger partial charge in [-0.05, 0) is 50.2 Å². The van der Waals surface area contributed by atoms with Gasteiger partial charge in [0.25, 0.3) is 0 Å². The van der Waals surface area contributed by atoms with Crippen molar-refractivity contribution in [3.05, 3.63) is 76.9 Å². The Morgan fingerprint density at radius 2 is 1.85 bits per heavy atom. The summed E-state index contributed by atoms with van der Waals surface area (Å²) >= 11 is 0. The Kier molecular flexibility index (Phi) is 5.69. The molecule has 2 aliphatic heterocycles. The minimum atomic E-state index is -0.511. The predicted octanol–water partition coefficient (Wildman–Crippen LogP) is 5.36. The highest BCUT2D eigenvalue weighted by Crippen LogP contribution is 2.51. The molecule has 0 aromatic heterocycles. The van der Waals surface area contributed by atoms with Gasteiger partial charge >= 0.3 is 0 Å². The number of hydrazone groups is 1. The highest BCUT2D eigenvalue weighted by atomic mass is 16.5. The lowest BCUT2D eigenvalue weighted by Crippen LogP contribution is -2.33. The molecule has 7 nitrogen and oxygen atoms in total. The van der Waals surface area contributed by atoms with Crippen molar-refractivity contribution in [3.63, 3.8) is 0 Å². The van der Waals surface area contributed by atoms with Crippen LogP contribution in [0.25, 0.3) is 0 Å². The molecule has 2 unspecified atom stereocenters. The van der Waals surface area contributed by atoms with Crippen molar-refractivity contribution in [2.24, 2.45) is 5.10 Å². The van der Waals surface area contributed by atoms with Gasteiger partial charge in [0.05, 0.1) is 32.6 Å². The van der Waals surface area contributed by atoms with E-state index in [1.54, 1.807) is 20.3 Å². The number of para-hydroxylation sites is 1. The predicted molar refractivity (Wildman–Crippen MR) is 129 cm³/mol. The van der Waals surface area contributed by atoms with Gasteiger partial charge in [-0.3, -0.25) is 0 Å². The van der Waals surface area contributed by atoms with Crippen molar-refractivity contribution in [1.82, 2.24) is 5.01 Å². The minimum absolute atomic E-state index is 0.0728. The van der Waals surface area contributed by atoms with Crippen LogP contribution in [0.4, 0.5) is 0 Å². The number of phenolic OH excluding ortho intramolecular Hbond substituents is 1. The van der Waals surface area contributed by atoms with Crippen molar-refractivity contribution < 1.29 is 24.1 Å². The average molecular weight is 461 g/mol. The summed E-state index contributed by atoms with van der Waals surface area (Å²) in [6.45, 7) is 4.48. The van der Waals surface area contributed by atoms with Crippen LogP contribution < -0.4 is 18.9 Å². The number of aryl methyl sites for hydroxylation is 1. The summed E-state index contributed by atoms with van der Waals surface area (Å²) in [6.07, 6.45) is 0.119. The number of hydrogen-bond acceptors (Lipinski definition) is 7. The first-order chi connectivity index (χ1) is 16.5. The second-order valence-corrected chi connectivity index (χ2v) is 8.36. The van der Waals surface area contributed by atoms with E-state index >= 15 is 0 Å². The molecule has 0 aliphatic carbocycles. The molecule has 7 heteroatoms. The standard InChI is InChI=1S/C27H28N2O5/c1-5-33-23-12-10-17(14-25(23)32-4)27-29-21(18-7-6-8-24(31-3)26(18)34-27)15-20(28-29)19-13-16(2)9-11-22(19)30/h6-14,21,27,30H,5,15H2,1-4H3. The van der Waals surface area contributed by atoms with Crippen LogP contribution in [-0.4, -0.2) is 36.7 Å². The molecule has 2 heterocycles. The summed E-state index contributed by atoms with van der Waals surface area (Å²) in [4.78, 5) is 0. The summed E-state index contributed by atoms with van der Waals surface area (Å²) in [5, 5.41) is 17.5. The quantitative estimate of drug-likeness (QED) is 0.534. The van der Waals surface area contributed by atoms with E-state index in [1.165, 1.54) is 0 Å². The molecule has 0 saturated carbocycles. The zero-order valence-corrected chi connectivity index (χ0v) is 19.7. The molecule has 176 valence electrons. The van der Waals surface area contributed by atoms with Crippen LogP contribution in [0, 0.1) is 6.92 Å². The highest BCUT2D eigenvalue weighted by molar-refractivity contribution is 6.04. The van der Waals surface area contributed by atoms with Crippen LogP contribution in [0.2, 0.25) is 0 Å². The van der Waals surface area contributed by atoms with E-state index in [0.717, 1.165) is 28.0 Å². The molecular formula is C27H28N2O5. The van der Waals surface area contributed by atoms with Crippen molar-refractivity contribution in [2.75, 3.05) is 20.8 Å². The fourth-order valence-corrected chi connectivity index (χ4v) is 4.62. The smallest absolute Gasteiger partial charge is 0.214 e. The molecule has 3 aromatic rings. The Bertz CT molecular complexity index is 1260. The van der Waals surface area contributed by atoms with Gasteiger partial charge in [0.15, 0.2) is 23.0 Å². The number of aromatic hydroxyl groups is 1. The van der Waals surface area contributed by atoms with Gasteiger partial charge in [-0.2, -0.15) is 5.10 Å². The maximum absolute atomic E-state index is 10.6. The zero-order chi connectivity index (χ0) is 23.8. The zero-order valence-electron chi connectivity index (χ0n) is 19.7. The number of phenols is 1. The van der Waals surface area contributed by atoms with Gasteiger partial charge in [-0.15, -0.1) is 0 Å². The van der Waals surface area contributed by atoms with Gasteiger partial charge in [0.2, 0.25) is 6.23 Å². The molecule has 1 N–H and O–H groups in total. The highest BCUT2D eigenvalue weighted by Gasteiger charge is 2.42. The summed E-state index contributed by atoms with van der Waals surface area (Å²) in [6, 6.07) is 17.2. The third-order valence-corrected chi connectivity index (χ3v) is 6.24. The van der Waals surface area contributed by atoms with Crippen molar-refractivity contribution in [1.29, 1.82) is 0 Å². The van der Waals surface area contributed by atoms with Gasteiger partial charge in [-0.1, -0.05) is 23.8 Å². The molecule has 2 aliphatic rings. The molecule has 0 fully saturated rings. The van der Waals surface area contributed by atoms with Crippen LogP contribution in [0.15, 0.2) is 59.7 Å². The van der Waals surface area contributed by atoms with E-state index in [1.807, 2.05) is 67.4 Å². The lowest BCUT2D eigenvalue weighted by atomic mass is 9.94. The first-order valence-electron chi connectivity index (χ1n) is 11.3. The molecule has 0 saturated heterocycles. The molecule has 3 aromatic carbocycles. The van der Waals surface area contributed by atoms with Crippen molar-refractivity contribution in [3.8, 4) is 28.7 Å². The molecule has 5 rings (SSSR count). The number of hydrogen-bond donors (Lipinski definition) is 1. The van der Waals surface area contributed by atoms with Crippen molar-refractivity contribution in [2.45, 2.75) is 32.5 Å². The molecule has 0 radical (unpaired) electrons. The van der Waals surface area contributed by atoms with E-state index in [4.69, 9.17) is 24.0 Å². The van der Waals surface area contributed by atoms with Gasteiger partial charge < -0.3 is 24.1 Å². The number of benzene rings is 3. The maximum atomic E-state index is 10.6. The summed E-state index contributed by atoms with van der Waals surface area (Å²) in [5.41, 5.74) is 4.49. The number of nitrogens with zero attached hydrogens (tertiary/aromatic N) is 2. The molecule has 0 bridgehead atoms.